The number of thiazole rings is 1. The Morgan fingerprint density at radius 2 is 2.25 bits per heavy atom. The monoisotopic (exact) mass is 241 g/mol. The SMILES string of the molecule is Cc1cnc(C(C)NCCCC(C)(C)N)s1. The van der Waals surface area contributed by atoms with E-state index in [1.54, 1.807) is 11.3 Å². The molecule has 0 aliphatic heterocycles. The molecule has 1 unspecified atom stereocenters. The van der Waals surface area contributed by atoms with Crippen molar-refractivity contribution in [2.24, 2.45) is 5.73 Å². The van der Waals surface area contributed by atoms with Gasteiger partial charge < -0.3 is 11.1 Å². The lowest BCUT2D eigenvalue weighted by molar-refractivity contribution is 0.437. The summed E-state index contributed by atoms with van der Waals surface area (Å²) in [5.41, 5.74) is 5.88. The number of rotatable bonds is 6. The number of nitrogens with zero attached hydrogens (tertiary/aromatic N) is 1. The summed E-state index contributed by atoms with van der Waals surface area (Å²) in [7, 11) is 0. The number of nitrogens with two attached hydrogens (primary N) is 1. The van der Waals surface area contributed by atoms with Crippen LogP contribution < -0.4 is 11.1 Å². The predicted molar refractivity (Wildman–Crippen MR) is 70.8 cm³/mol. The van der Waals surface area contributed by atoms with E-state index >= 15 is 0 Å². The van der Waals surface area contributed by atoms with Gasteiger partial charge in [-0.2, -0.15) is 0 Å². The summed E-state index contributed by atoms with van der Waals surface area (Å²) in [5.74, 6) is 0. The molecule has 92 valence electrons. The lowest BCUT2D eigenvalue weighted by Crippen LogP contribution is -2.33. The van der Waals surface area contributed by atoms with Gasteiger partial charge in [-0.15, -0.1) is 11.3 Å². The Balaban J connectivity index is 2.23. The molecule has 0 saturated carbocycles. The van der Waals surface area contributed by atoms with Crippen molar-refractivity contribution in [3.8, 4) is 0 Å². The van der Waals surface area contributed by atoms with E-state index in [1.807, 2.05) is 6.20 Å². The fraction of sp³-hybridized carbons (Fsp3) is 0.750. The summed E-state index contributed by atoms with van der Waals surface area (Å²) < 4.78 is 0. The Morgan fingerprint density at radius 3 is 2.75 bits per heavy atom. The highest BCUT2D eigenvalue weighted by Crippen LogP contribution is 2.18. The molecule has 3 nitrogen and oxygen atoms in total. The third-order valence-corrected chi connectivity index (χ3v) is 3.55. The molecule has 0 radical (unpaired) electrons. The molecule has 1 atom stereocenters. The average molecular weight is 241 g/mol. The Bertz CT molecular complexity index is 314. The van der Waals surface area contributed by atoms with Gasteiger partial charge in [-0.1, -0.05) is 0 Å². The lowest BCUT2D eigenvalue weighted by Gasteiger charge is -2.19. The molecule has 0 bridgehead atoms. The molecule has 16 heavy (non-hydrogen) atoms. The number of aromatic nitrogens is 1. The smallest absolute Gasteiger partial charge is 0.109 e. The molecule has 0 aliphatic carbocycles. The Kier molecular flexibility index (Phi) is 4.89. The average Bonchev–Trinajstić information content (AvgIpc) is 2.57. The molecule has 0 saturated heterocycles. The van der Waals surface area contributed by atoms with Crippen molar-refractivity contribution in [2.45, 2.75) is 52.1 Å². The van der Waals surface area contributed by atoms with Gasteiger partial charge in [0.15, 0.2) is 0 Å². The molecule has 0 fully saturated rings. The Hall–Kier alpha value is -0.450. The van der Waals surface area contributed by atoms with Crippen molar-refractivity contribution in [2.75, 3.05) is 6.54 Å². The van der Waals surface area contributed by atoms with E-state index in [0.717, 1.165) is 19.4 Å². The second kappa shape index (κ2) is 5.75. The molecule has 0 spiro atoms. The van der Waals surface area contributed by atoms with Crippen LogP contribution in [-0.4, -0.2) is 17.1 Å². The van der Waals surface area contributed by atoms with Crippen LogP contribution in [0.25, 0.3) is 0 Å². The Morgan fingerprint density at radius 1 is 1.56 bits per heavy atom. The molecule has 1 aromatic heterocycles. The van der Waals surface area contributed by atoms with Gasteiger partial charge >= 0.3 is 0 Å². The Labute approximate surface area is 102 Å². The van der Waals surface area contributed by atoms with Crippen LogP contribution in [0.3, 0.4) is 0 Å². The van der Waals surface area contributed by atoms with E-state index in [9.17, 15) is 0 Å². The standard InChI is InChI=1S/C12H23N3S/c1-9-8-15-11(16-9)10(2)14-7-5-6-12(3,4)13/h8,10,14H,5-7,13H2,1-4H3. The maximum absolute atomic E-state index is 5.93. The highest BCUT2D eigenvalue weighted by atomic mass is 32.1. The minimum absolute atomic E-state index is 0.0529. The topological polar surface area (TPSA) is 50.9 Å². The molecule has 0 aliphatic rings. The number of hydrogen-bond donors (Lipinski definition) is 2. The van der Waals surface area contributed by atoms with Crippen molar-refractivity contribution < 1.29 is 0 Å². The van der Waals surface area contributed by atoms with Gasteiger partial charge in [0, 0.05) is 16.6 Å². The van der Waals surface area contributed by atoms with E-state index in [0.29, 0.717) is 6.04 Å². The highest BCUT2D eigenvalue weighted by Gasteiger charge is 2.11. The van der Waals surface area contributed by atoms with Crippen LogP contribution in [0, 0.1) is 6.92 Å². The summed E-state index contributed by atoms with van der Waals surface area (Å²) in [6.45, 7) is 9.39. The first-order valence-electron chi connectivity index (χ1n) is 5.83. The predicted octanol–water partition coefficient (Wildman–Crippen LogP) is 2.62. The summed E-state index contributed by atoms with van der Waals surface area (Å²) in [6.07, 6.45) is 4.09. The van der Waals surface area contributed by atoms with Gasteiger partial charge in [0.1, 0.15) is 5.01 Å². The van der Waals surface area contributed by atoms with Gasteiger partial charge in [-0.3, -0.25) is 0 Å². The molecule has 1 rings (SSSR count). The van der Waals surface area contributed by atoms with Gasteiger partial charge in [0.25, 0.3) is 0 Å². The maximum atomic E-state index is 5.93. The zero-order chi connectivity index (χ0) is 12.2. The first kappa shape index (κ1) is 13.6. The quantitative estimate of drug-likeness (QED) is 0.753. The third-order valence-electron chi connectivity index (χ3n) is 2.46. The fourth-order valence-electron chi connectivity index (χ4n) is 1.52. The van der Waals surface area contributed by atoms with E-state index in [-0.39, 0.29) is 5.54 Å². The van der Waals surface area contributed by atoms with E-state index < -0.39 is 0 Å². The van der Waals surface area contributed by atoms with Gasteiger partial charge in [-0.25, -0.2) is 4.98 Å². The number of aryl methyl sites for hydroxylation is 1. The molecule has 3 N–H and O–H groups in total. The summed E-state index contributed by atoms with van der Waals surface area (Å²) in [6, 6.07) is 0.347. The van der Waals surface area contributed by atoms with Gasteiger partial charge in [-0.05, 0) is 47.1 Å². The molecule has 1 heterocycles. The fourth-order valence-corrected chi connectivity index (χ4v) is 2.32. The van der Waals surface area contributed by atoms with Crippen LogP contribution in [0.1, 0.15) is 49.5 Å². The summed E-state index contributed by atoms with van der Waals surface area (Å²) >= 11 is 1.76. The second-order valence-corrected chi connectivity index (χ2v) is 6.34. The molecule has 1 aromatic rings. The summed E-state index contributed by atoms with van der Waals surface area (Å²) in [5, 5.41) is 4.65. The highest BCUT2D eigenvalue weighted by molar-refractivity contribution is 7.11. The number of hydrogen-bond acceptors (Lipinski definition) is 4. The van der Waals surface area contributed by atoms with Crippen molar-refractivity contribution in [1.82, 2.24) is 10.3 Å². The second-order valence-electron chi connectivity index (χ2n) is 5.08. The normalized spacial score (nSPS) is 14.1. The van der Waals surface area contributed by atoms with E-state index in [2.05, 4.69) is 38.0 Å². The first-order chi connectivity index (χ1) is 7.38. The largest absolute Gasteiger partial charge is 0.326 e. The van der Waals surface area contributed by atoms with Crippen LogP contribution in [0.5, 0.6) is 0 Å². The minimum atomic E-state index is -0.0529. The van der Waals surface area contributed by atoms with Gasteiger partial charge in [0.05, 0.1) is 6.04 Å². The summed E-state index contributed by atoms with van der Waals surface area (Å²) in [4.78, 5) is 5.64. The third kappa shape index (κ3) is 5.05. The minimum Gasteiger partial charge on any atom is -0.326 e. The van der Waals surface area contributed by atoms with E-state index in [1.165, 1.54) is 9.88 Å². The van der Waals surface area contributed by atoms with Crippen molar-refractivity contribution in [3.05, 3.63) is 16.1 Å². The van der Waals surface area contributed by atoms with Crippen LogP contribution in [0.15, 0.2) is 6.20 Å². The maximum Gasteiger partial charge on any atom is 0.109 e. The first-order valence-corrected chi connectivity index (χ1v) is 6.65. The molecule has 0 aromatic carbocycles. The molecular formula is C12H23N3S. The van der Waals surface area contributed by atoms with Crippen molar-refractivity contribution in [3.63, 3.8) is 0 Å². The zero-order valence-corrected chi connectivity index (χ0v) is 11.5. The molecule has 4 heteroatoms. The molecule has 0 amide bonds. The van der Waals surface area contributed by atoms with Gasteiger partial charge in [0.2, 0.25) is 0 Å². The molecular weight excluding hydrogens is 218 g/mol. The van der Waals surface area contributed by atoms with Crippen LogP contribution in [0.4, 0.5) is 0 Å². The van der Waals surface area contributed by atoms with E-state index in [4.69, 9.17) is 5.73 Å². The van der Waals surface area contributed by atoms with Crippen molar-refractivity contribution >= 4 is 11.3 Å². The van der Waals surface area contributed by atoms with Crippen LogP contribution in [-0.2, 0) is 0 Å². The number of nitrogens with one attached hydrogen (secondary N) is 1. The van der Waals surface area contributed by atoms with Crippen LogP contribution >= 0.6 is 11.3 Å². The van der Waals surface area contributed by atoms with Crippen LogP contribution in [0.2, 0.25) is 0 Å². The van der Waals surface area contributed by atoms with Crippen molar-refractivity contribution in [1.29, 1.82) is 0 Å². The lowest BCUT2D eigenvalue weighted by atomic mass is 10.0. The zero-order valence-electron chi connectivity index (χ0n) is 10.7.